The first-order valence-corrected chi connectivity index (χ1v) is 16.0. The maximum Gasteiger partial charge on any atom is 0.120 e. The summed E-state index contributed by atoms with van der Waals surface area (Å²) in [6.45, 7) is 19.0. The first kappa shape index (κ1) is 30.4. The van der Waals surface area contributed by atoms with E-state index in [0.717, 1.165) is 45.1 Å². The van der Waals surface area contributed by atoms with Gasteiger partial charge in [0.25, 0.3) is 0 Å². The second-order valence-electron chi connectivity index (χ2n) is 11.0. The summed E-state index contributed by atoms with van der Waals surface area (Å²) in [5, 5.41) is 1.29. The Balaban J connectivity index is 0.000000244. The Morgan fingerprint density at radius 2 is 1.84 bits per heavy atom. The number of aldehydes is 1. The summed E-state index contributed by atoms with van der Waals surface area (Å²) in [5.74, 6) is 1.76. The van der Waals surface area contributed by atoms with Crippen molar-refractivity contribution >= 4 is 31.2 Å². The Morgan fingerprint density at radius 1 is 1.08 bits per heavy atom. The summed E-state index contributed by atoms with van der Waals surface area (Å²) in [6.07, 6.45) is 6.68. The normalized spacial score (nSPS) is 17.8. The summed E-state index contributed by atoms with van der Waals surface area (Å²) in [6, 6.07) is 13.0. The van der Waals surface area contributed by atoms with Crippen LogP contribution in [0.1, 0.15) is 92.8 Å². The quantitative estimate of drug-likeness (QED) is 0.211. The highest BCUT2D eigenvalue weighted by Crippen LogP contribution is 2.30. The molecule has 5 heteroatoms. The number of hydrogen-bond donors (Lipinski definition) is 0. The van der Waals surface area contributed by atoms with Gasteiger partial charge in [-0.25, -0.2) is 4.98 Å². The smallest absolute Gasteiger partial charge is 0.120 e. The molecule has 4 unspecified atom stereocenters. The maximum absolute atomic E-state index is 10.5. The third-order valence-electron chi connectivity index (χ3n) is 8.16. The lowest BCUT2D eigenvalue weighted by atomic mass is 9.91. The molecule has 4 nitrogen and oxygen atoms in total. The Morgan fingerprint density at radius 3 is 2.50 bits per heavy atom. The van der Waals surface area contributed by atoms with Crippen LogP contribution in [0.4, 0.5) is 0 Å². The molecule has 0 amide bonds. The molecule has 0 saturated carbocycles. The van der Waals surface area contributed by atoms with Crippen molar-refractivity contribution in [2.45, 2.75) is 85.5 Å². The monoisotopic (exact) mass is 533 g/mol. The number of benzene rings is 1. The van der Waals surface area contributed by atoms with Gasteiger partial charge < -0.3 is 9.69 Å². The summed E-state index contributed by atoms with van der Waals surface area (Å²) < 4.78 is 0. The molecule has 0 N–H and O–H groups in total. The predicted octanol–water partition coefficient (Wildman–Crippen LogP) is 7.48. The molecule has 0 radical (unpaired) electrons. The van der Waals surface area contributed by atoms with E-state index in [1.165, 1.54) is 65.4 Å². The predicted molar refractivity (Wildman–Crippen MR) is 166 cm³/mol. The highest BCUT2D eigenvalue weighted by atomic mass is 31.1. The van der Waals surface area contributed by atoms with Crippen LogP contribution in [0.3, 0.4) is 0 Å². The lowest BCUT2D eigenvalue weighted by Gasteiger charge is -2.34. The van der Waals surface area contributed by atoms with Crippen molar-refractivity contribution in [3.8, 4) is 0 Å². The number of piperidine rings is 1. The molecule has 206 valence electrons. The van der Waals surface area contributed by atoms with Crippen molar-refractivity contribution in [2.24, 2.45) is 5.92 Å². The molecule has 4 rings (SSSR count). The number of likely N-dealkylation sites (tertiary alicyclic amines) is 1. The molecule has 38 heavy (non-hydrogen) atoms. The van der Waals surface area contributed by atoms with Gasteiger partial charge in [-0.2, -0.15) is 0 Å². The number of carbonyl (C=O) groups is 1. The summed E-state index contributed by atoms with van der Waals surface area (Å²) >= 11 is 0. The van der Waals surface area contributed by atoms with E-state index in [4.69, 9.17) is 4.98 Å². The Labute approximate surface area is 232 Å². The van der Waals surface area contributed by atoms with Gasteiger partial charge in [0, 0.05) is 36.3 Å². The highest BCUT2D eigenvalue weighted by Gasteiger charge is 2.22. The molecule has 1 saturated heterocycles. The van der Waals surface area contributed by atoms with Crippen LogP contribution in [-0.4, -0.2) is 47.5 Å². The Hall–Kier alpha value is -2.16. The van der Waals surface area contributed by atoms with Gasteiger partial charge in [0.05, 0.1) is 11.0 Å². The second-order valence-corrected chi connectivity index (χ2v) is 12.0. The van der Waals surface area contributed by atoms with Crippen molar-refractivity contribution in [2.75, 3.05) is 26.3 Å². The second kappa shape index (κ2) is 14.8. The van der Waals surface area contributed by atoms with Crippen LogP contribution in [0.2, 0.25) is 0 Å². The van der Waals surface area contributed by atoms with Crippen molar-refractivity contribution in [1.29, 1.82) is 0 Å². The van der Waals surface area contributed by atoms with Gasteiger partial charge in [0.15, 0.2) is 0 Å². The van der Waals surface area contributed by atoms with Gasteiger partial charge in [0.1, 0.15) is 6.29 Å². The molecule has 1 aliphatic rings. The number of aryl methyl sites for hydroxylation is 3. The number of hydrogen-bond acceptors (Lipinski definition) is 4. The minimum atomic E-state index is 0.334. The molecule has 0 aliphatic carbocycles. The molecular formula is C33H48N3OP. The lowest BCUT2D eigenvalue weighted by Crippen LogP contribution is -2.37. The van der Waals surface area contributed by atoms with E-state index >= 15 is 0 Å². The minimum Gasteiger partial charge on any atom is -0.303 e. The van der Waals surface area contributed by atoms with Gasteiger partial charge in [-0.3, -0.25) is 4.98 Å². The average molecular weight is 534 g/mol. The number of aromatic nitrogens is 2. The highest BCUT2D eigenvalue weighted by molar-refractivity contribution is 7.45. The molecular weight excluding hydrogens is 485 g/mol. The lowest BCUT2D eigenvalue weighted by molar-refractivity contribution is -0.108. The van der Waals surface area contributed by atoms with E-state index in [1.807, 2.05) is 19.9 Å². The zero-order valence-electron chi connectivity index (χ0n) is 24.7. The van der Waals surface area contributed by atoms with Gasteiger partial charge in [-0.15, -0.1) is 0 Å². The van der Waals surface area contributed by atoms with Crippen LogP contribution < -0.4 is 5.44 Å². The zero-order valence-corrected chi connectivity index (χ0v) is 25.7. The van der Waals surface area contributed by atoms with Crippen LogP contribution in [0, 0.1) is 26.7 Å². The van der Waals surface area contributed by atoms with Gasteiger partial charge in [-0.05, 0) is 99.8 Å². The average Bonchev–Trinajstić information content (AvgIpc) is 2.92. The van der Waals surface area contributed by atoms with Gasteiger partial charge in [-0.1, -0.05) is 60.0 Å². The van der Waals surface area contributed by atoms with Crippen molar-refractivity contribution in [3.63, 3.8) is 0 Å². The number of nitrogens with zero attached hydrogens (tertiary/aromatic N) is 3. The molecule has 0 bridgehead atoms. The van der Waals surface area contributed by atoms with E-state index in [1.54, 1.807) is 0 Å². The topological polar surface area (TPSA) is 46.1 Å². The Bertz CT molecular complexity index is 1190. The van der Waals surface area contributed by atoms with Gasteiger partial charge in [0.2, 0.25) is 0 Å². The molecule has 3 aromatic rings. The largest absolute Gasteiger partial charge is 0.303 e. The molecule has 0 spiro atoms. The number of carbonyl (C=O) groups excluding carboxylic acids is 1. The van der Waals surface area contributed by atoms with Crippen LogP contribution >= 0.6 is 8.58 Å². The SMILES string of the molecule is CCC(CC=O)c1ccc(C)nc1C.CCC1CCCN(CC(C)c2c(C)ccc3ccc(PC)nc23)C1. The van der Waals surface area contributed by atoms with Crippen molar-refractivity contribution in [1.82, 2.24) is 14.9 Å². The van der Waals surface area contributed by atoms with E-state index < -0.39 is 0 Å². The fourth-order valence-electron chi connectivity index (χ4n) is 5.96. The Kier molecular flexibility index (Phi) is 11.9. The summed E-state index contributed by atoms with van der Waals surface area (Å²) in [5.41, 5.74) is 8.62. The summed E-state index contributed by atoms with van der Waals surface area (Å²) in [4.78, 5) is 22.6. The summed E-state index contributed by atoms with van der Waals surface area (Å²) in [7, 11) is 0.760. The first-order chi connectivity index (χ1) is 18.3. The molecule has 1 aromatic carbocycles. The van der Waals surface area contributed by atoms with Crippen molar-refractivity contribution in [3.05, 3.63) is 64.5 Å². The van der Waals surface area contributed by atoms with Crippen molar-refractivity contribution < 1.29 is 4.79 Å². The van der Waals surface area contributed by atoms with Gasteiger partial charge >= 0.3 is 0 Å². The van der Waals surface area contributed by atoms with Crippen LogP contribution in [0.15, 0.2) is 36.4 Å². The van der Waals surface area contributed by atoms with Crippen LogP contribution in [0.5, 0.6) is 0 Å². The van der Waals surface area contributed by atoms with E-state index in [9.17, 15) is 4.79 Å². The zero-order chi connectivity index (χ0) is 27.7. The molecule has 3 heterocycles. The number of fused-ring (bicyclic) bond motifs is 1. The fourth-order valence-corrected chi connectivity index (χ4v) is 6.43. The molecule has 4 atom stereocenters. The number of pyridine rings is 2. The fraction of sp³-hybridized carbons (Fsp3) is 0.545. The minimum absolute atomic E-state index is 0.334. The molecule has 1 fully saturated rings. The maximum atomic E-state index is 10.5. The number of rotatable bonds is 9. The molecule has 2 aromatic heterocycles. The van der Waals surface area contributed by atoms with E-state index in [2.05, 4.69) is 74.6 Å². The first-order valence-electron chi connectivity index (χ1n) is 14.5. The van der Waals surface area contributed by atoms with E-state index in [0.29, 0.717) is 18.3 Å². The van der Waals surface area contributed by atoms with Crippen LogP contribution in [-0.2, 0) is 4.79 Å². The third kappa shape index (κ3) is 7.93. The standard InChI is InChI=1S/C21H31N2P.C12H17NO/c1-5-17-7-6-12-23(14-17)13-16(3)20-15(2)8-9-18-10-11-19(24-4)22-21(18)20;1-4-11(7-8-14)12-6-5-9(2)13-10(12)3/h8-11,16-17,24H,5-7,12-14H2,1-4H3;5-6,8,11H,4,7H2,1-3H3. The van der Waals surface area contributed by atoms with Crippen LogP contribution in [0.25, 0.3) is 10.9 Å². The third-order valence-corrected chi connectivity index (χ3v) is 8.95. The molecule has 1 aliphatic heterocycles. The van der Waals surface area contributed by atoms with E-state index in [-0.39, 0.29) is 0 Å².